The number of likely N-dealkylation sites (tertiary alicyclic amines) is 1. The van der Waals surface area contributed by atoms with Gasteiger partial charge in [-0.05, 0) is 31.5 Å². The lowest BCUT2D eigenvalue weighted by atomic mass is 9.98. The second-order valence-corrected chi connectivity index (χ2v) is 9.38. The number of carbonyl (C=O) groups excluding carboxylic acids is 1. The molecule has 2 bridgehead atoms. The maximum Gasteiger partial charge on any atom is 0.263 e. The minimum atomic E-state index is -2.53. The lowest BCUT2D eigenvalue weighted by Crippen LogP contribution is -2.56. The second-order valence-electron chi connectivity index (χ2n) is 9.38. The second kappa shape index (κ2) is 9.08. The Hall–Kier alpha value is -3.67. The molecule has 3 fully saturated rings. The third kappa shape index (κ3) is 4.15. The zero-order valence-electron chi connectivity index (χ0n) is 19.6. The van der Waals surface area contributed by atoms with Crippen molar-refractivity contribution in [2.75, 3.05) is 31.1 Å². The average molecular weight is 498 g/mol. The number of aromatic nitrogens is 5. The van der Waals surface area contributed by atoms with Crippen molar-refractivity contribution in [2.45, 2.75) is 38.5 Å². The molecule has 6 rings (SSSR count). The van der Waals surface area contributed by atoms with Gasteiger partial charge < -0.3 is 19.3 Å². The van der Waals surface area contributed by atoms with Gasteiger partial charge in [0.1, 0.15) is 12.3 Å². The number of rotatable bonds is 7. The van der Waals surface area contributed by atoms with Crippen molar-refractivity contribution in [3.63, 3.8) is 0 Å². The summed E-state index contributed by atoms with van der Waals surface area (Å²) in [6.07, 6.45) is -1.37. The largest absolute Gasteiger partial charge is 0.470 e. The number of fused-ring (bicyclic) bond motifs is 2. The van der Waals surface area contributed by atoms with Crippen LogP contribution in [0.25, 0.3) is 5.69 Å². The van der Waals surface area contributed by atoms with E-state index in [1.54, 1.807) is 29.8 Å². The summed E-state index contributed by atoms with van der Waals surface area (Å²) >= 11 is 0. The van der Waals surface area contributed by atoms with Crippen LogP contribution < -0.4 is 9.64 Å². The van der Waals surface area contributed by atoms with Crippen LogP contribution in [0.3, 0.4) is 0 Å². The molecule has 0 N–H and O–H groups in total. The molecule has 12 heteroatoms. The molecule has 3 aliphatic rings. The molecule has 0 saturated carbocycles. The SMILES string of the molecule is Cc1nnn(-c2ccc(C(F)F)cc2)c1COc1ccc(N2CC(C(=O)N3CC4CC3CO4)C2)nn1. The van der Waals surface area contributed by atoms with E-state index in [0.717, 1.165) is 6.42 Å². The fourth-order valence-electron chi connectivity index (χ4n) is 4.94. The number of nitrogens with zero attached hydrogens (tertiary/aromatic N) is 7. The van der Waals surface area contributed by atoms with Gasteiger partial charge in [0, 0.05) is 31.3 Å². The quantitative estimate of drug-likeness (QED) is 0.491. The molecule has 2 atom stereocenters. The van der Waals surface area contributed by atoms with Crippen molar-refractivity contribution >= 4 is 11.7 Å². The highest BCUT2D eigenvalue weighted by Crippen LogP contribution is 2.32. The highest BCUT2D eigenvalue weighted by Gasteiger charge is 2.45. The predicted octanol–water partition coefficient (Wildman–Crippen LogP) is 2.32. The minimum Gasteiger partial charge on any atom is -0.470 e. The molecule has 1 aromatic carbocycles. The molecule has 3 aromatic rings. The van der Waals surface area contributed by atoms with Gasteiger partial charge in [0.05, 0.1) is 36.1 Å². The summed E-state index contributed by atoms with van der Waals surface area (Å²) in [5.41, 5.74) is 1.89. The van der Waals surface area contributed by atoms with E-state index in [4.69, 9.17) is 9.47 Å². The molecule has 2 aromatic heterocycles. The molecule has 3 saturated heterocycles. The lowest BCUT2D eigenvalue weighted by molar-refractivity contribution is -0.140. The maximum atomic E-state index is 12.9. The van der Waals surface area contributed by atoms with Crippen LogP contribution in [-0.2, 0) is 16.1 Å². The Balaban J connectivity index is 1.05. The van der Waals surface area contributed by atoms with Crippen LogP contribution in [0.15, 0.2) is 36.4 Å². The van der Waals surface area contributed by atoms with Gasteiger partial charge in [-0.25, -0.2) is 13.5 Å². The lowest BCUT2D eigenvalue weighted by Gasteiger charge is -2.41. The number of ether oxygens (including phenoxy) is 2. The third-order valence-electron chi connectivity index (χ3n) is 7.07. The summed E-state index contributed by atoms with van der Waals surface area (Å²) in [7, 11) is 0. The van der Waals surface area contributed by atoms with Crippen molar-refractivity contribution in [1.29, 1.82) is 0 Å². The first-order chi connectivity index (χ1) is 17.5. The van der Waals surface area contributed by atoms with E-state index in [2.05, 4.69) is 20.5 Å². The molecule has 0 spiro atoms. The van der Waals surface area contributed by atoms with E-state index < -0.39 is 6.43 Å². The molecule has 36 heavy (non-hydrogen) atoms. The summed E-state index contributed by atoms with van der Waals surface area (Å²) < 4.78 is 38.7. The Kier molecular flexibility index (Phi) is 5.75. The normalized spacial score (nSPS) is 21.3. The van der Waals surface area contributed by atoms with E-state index in [-0.39, 0.29) is 36.1 Å². The van der Waals surface area contributed by atoms with Crippen molar-refractivity contribution in [3.05, 3.63) is 53.3 Å². The van der Waals surface area contributed by atoms with Gasteiger partial charge in [0.25, 0.3) is 6.43 Å². The molecule has 0 aliphatic carbocycles. The van der Waals surface area contributed by atoms with E-state index in [1.165, 1.54) is 12.1 Å². The number of alkyl halides is 2. The Labute approximate surface area is 205 Å². The number of anilines is 1. The van der Waals surface area contributed by atoms with E-state index in [0.29, 0.717) is 55.0 Å². The number of hydrogen-bond donors (Lipinski definition) is 0. The van der Waals surface area contributed by atoms with Gasteiger partial charge in [0.2, 0.25) is 11.8 Å². The van der Waals surface area contributed by atoms with Gasteiger partial charge in [-0.15, -0.1) is 15.3 Å². The standard InChI is InChI=1S/C24H25F2N7O3/c1-14-20(33(30-27-14)17-4-2-15(3-5-17)23(25)26)13-36-22-7-6-21(28-29-22)31-9-16(10-31)24(34)32-11-19-8-18(32)12-35-19/h2-7,16,18-19,23H,8-13H2,1H3. The van der Waals surface area contributed by atoms with Crippen LogP contribution >= 0.6 is 0 Å². The first-order valence-corrected chi connectivity index (χ1v) is 11.9. The highest BCUT2D eigenvalue weighted by molar-refractivity contribution is 5.82. The molecular formula is C24H25F2N7O3. The van der Waals surface area contributed by atoms with E-state index >= 15 is 0 Å². The van der Waals surface area contributed by atoms with Crippen molar-refractivity contribution in [3.8, 4) is 11.6 Å². The van der Waals surface area contributed by atoms with Crippen LogP contribution in [0, 0.1) is 12.8 Å². The minimum absolute atomic E-state index is 0.0207. The molecule has 5 heterocycles. The van der Waals surface area contributed by atoms with Crippen molar-refractivity contribution in [2.24, 2.45) is 5.92 Å². The fourth-order valence-corrected chi connectivity index (χ4v) is 4.94. The Bertz CT molecular complexity index is 1250. The Morgan fingerprint density at radius 3 is 2.56 bits per heavy atom. The fraction of sp³-hybridized carbons (Fsp3) is 0.458. The van der Waals surface area contributed by atoms with Crippen molar-refractivity contribution < 1.29 is 23.0 Å². The third-order valence-corrected chi connectivity index (χ3v) is 7.07. The summed E-state index contributed by atoms with van der Waals surface area (Å²) in [6, 6.07) is 9.66. The smallest absolute Gasteiger partial charge is 0.263 e. The molecule has 10 nitrogen and oxygen atoms in total. The van der Waals surface area contributed by atoms with Gasteiger partial charge in [-0.1, -0.05) is 17.3 Å². The number of halogens is 2. The zero-order valence-corrected chi connectivity index (χ0v) is 19.6. The van der Waals surface area contributed by atoms with Crippen molar-refractivity contribution in [1.82, 2.24) is 30.1 Å². The summed E-state index contributed by atoms with van der Waals surface area (Å²) in [4.78, 5) is 16.8. The van der Waals surface area contributed by atoms with Crippen LogP contribution in [0.5, 0.6) is 5.88 Å². The summed E-state index contributed by atoms with van der Waals surface area (Å²) in [5.74, 6) is 1.21. The highest BCUT2D eigenvalue weighted by atomic mass is 19.3. The molecule has 2 unspecified atom stereocenters. The average Bonchev–Trinajstić information content (AvgIpc) is 3.59. The predicted molar refractivity (Wildman–Crippen MR) is 123 cm³/mol. The molecule has 3 aliphatic heterocycles. The van der Waals surface area contributed by atoms with E-state index in [9.17, 15) is 13.6 Å². The first-order valence-electron chi connectivity index (χ1n) is 11.9. The topological polar surface area (TPSA) is 98.5 Å². The van der Waals surface area contributed by atoms with Gasteiger partial charge in [-0.2, -0.15) is 0 Å². The van der Waals surface area contributed by atoms with Gasteiger partial charge in [-0.3, -0.25) is 4.79 Å². The summed E-state index contributed by atoms with van der Waals surface area (Å²) in [5, 5.41) is 16.6. The first kappa shape index (κ1) is 22.8. The summed E-state index contributed by atoms with van der Waals surface area (Å²) in [6.45, 7) is 4.54. The molecule has 0 radical (unpaired) electrons. The van der Waals surface area contributed by atoms with Crippen LogP contribution in [0.2, 0.25) is 0 Å². The number of hydrogen-bond acceptors (Lipinski definition) is 8. The van der Waals surface area contributed by atoms with Crippen LogP contribution in [-0.4, -0.2) is 74.4 Å². The molecular weight excluding hydrogens is 472 g/mol. The van der Waals surface area contributed by atoms with Crippen LogP contribution in [0.4, 0.5) is 14.6 Å². The molecule has 188 valence electrons. The number of benzene rings is 1. The number of morpholine rings is 1. The van der Waals surface area contributed by atoms with E-state index in [1.807, 2.05) is 15.9 Å². The monoisotopic (exact) mass is 497 g/mol. The molecule has 1 amide bonds. The van der Waals surface area contributed by atoms with Gasteiger partial charge >= 0.3 is 0 Å². The maximum absolute atomic E-state index is 12.9. The zero-order chi connectivity index (χ0) is 24.8. The number of aryl methyl sites for hydroxylation is 1. The van der Waals surface area contributed by atoms with Gasteiger partial charge in [0.15, 0.2) is 5.82 Å². The Morgan fingerprint density at radius 1 is 1.11 bits per heavy atom. The van der Waals surface area contributed by atoms with Crippen LogP contribution in [0.1, 0.15) is 29.8 Å². The Morgan fingerprint density at radius 2 is 1.92 bits per heavy atom. The number of carbonyl (C=O) groups is 1. The number of amides is 1.